The highest BCUT2D eigenvalue weighted by atomic mass is 32.2. The summed E-state index contributed by atoms with van der Waals surface area (Å²) in [5.41, 5.74) is 0. The van der Waals surface area contributed by atoms with Gasteiger partial charge in [0.15, 0.2) is 0 Å². The third-order valence-corrected chi connectivity index (χ3v) is 2.94. The van der Waals surface area contributed by atoms with Crippen LogP contribution in [-0.4, -0.2) is 31.7 Å². The highest BCUT2D eigenvalue weighted by molar-refractivity contribution is 7.87. The second kappa shape index (κ2) is 5.65. The van der Waals surface area contributed by atoms with Crippen LogP contribution >= 0.6 is 0 Å². The standard InChI is InChI=1S/C8H20N2O3S/c1-6(2)9-14(12,13)10-7(3)5-8(4)11/h6-11H,5H2,1-4H3. The van der Waals surface area contributed by atoms with Crippen LogP contribution in [0.3, 0.4) is 0 Å². The highest BCUT2D eigenvalue weighted by Gasteiger charge is 2.15. The summed E-state index contributed by atoms with van der Waals surface area (Å²) in [4.78, 5) is 0. The van der Waals surface area contributed by atoms with Crippen LogP contribution in [0.2, 0.25) is 0 Å². The van der Waals surface area contributed by atoms with Gasteiger partial charge in [-0.05, 0) is 34.1 Å². The SMILES string of the molecule is CC(O)CC(C)NS(=O)(=O)NC(C)C. The molecule has 0 aromatic heterocycles. The number of aliphatic hydroxyl groups excluding tert-OH is 1. The van der Waals surface area contributed by atoms with E-state index in [1.807, 2.05) is 0 Å². The van der Waals surface area contributed by atoms with Gasteiger partial charge in [0.05, 0.1) is 6.10 Å². The molecule has 0 spiro atoms. The van der Waals surface area contributed by atoms with E-state index in [1.54, 1.807) is 27.7 Å². The molecule has 0 aliphatic carbocycles. The first-order valence-corrected chi connectivity index (χ1v) is 6.19. The molecule has 0 radical (unpaired) electrons. The Morgan fingerprint density at radius 2 is 1.64 bits per heavy atom. The molecule has 0 rings (SSSR count). The van der Waals surface area contributed by atoms with Crippen molar-refractivity contribution in [2.45, 2.75) is 52.3 Å². The summed E-state index contributed by atoms with van der Waals surface area (Å²) in [6, 6.07) is -0.405. The van der Waals surface area contributed by atoms with E-state index < -0.39 is 16.3 Å². The van der Waals surface area contributed by atoms with E-state index in [0.717, 1.165) is 0 Å². The molecule has 2 unspecified atom stereocenters. The smallest absolute Gasteiger partial charge is 0.277 e. The number of nitrogens with one attached hydrogen (secondary N) is 2. The van der Waals surface area contributed by atoms with Crippen LogP contribution in [0.1, 0.15) is 34.1 Å². The summed E-state index contributed by atoms with van der Waals surface area (Å²) < 4.78 is 27.5. The lowest BCUT2D eigenvalue weighted by Gasteiger charge is -2.17. The first-order chi connectivity index (χ1) is 6.23. The number of hydrogen-bond acceptors (Lipinski definition) is 3. The van der Waals surface area contributed by atoms with Crippen molar-refractivity contribution in [2.75, 3.05) is 0 Å². The van der Waals surface area contributed by atoms with Crippen molar-refractivity contribution >= 4 is 10.2 Å². The second-order valence-corrected chi connectivity index (χ2v) is 5.36. The first-order valence-electron chi connectivity index (χ1n) is 4.70. The average molecular weight is 224 g/mol. The van der Waals surface area contributed by atoms with E-state index >= 15 is 0 Å². The van der Waals surface area contributed by atoms with E-state index in [-0.39, 0.29) is 12.1 Å². The van der Waals surface area contributed by atoms with Crippen molar-refractivity contribution in [3.05, 3.63) is 0 Å². The fourth-order valence-corrected chi connectivity index (χ4v) is 2.48. The lowest BCUT2D eigenvalue weighted by atomic mass is 10.2. The summed E-state index contributed by atoms with van der Waals surface area (Å²) >= 11 is 0. The zero-order valence-corrected chi connectivity index (χ0v) is 9.93. The molecule has 6 heteroatoms. The first kappa shape index (κ1) is 13.8. The lowest BCUT2D eigenvalue weighted by Crippen LogP contribution is -2.44. The van der Waals surface area contributed by atoms with Crippen molar-refractivity contribution in [3.8, 4) is 0 Å². The van der Waals surface area contributed by atoms with E-state index in [0.29, 0.717) is 6.42 Å². The maximum absolute atomic E-state index is 11.3. The van der Waals surface area contributed by atoms with Gasteiger partial charge in [-0.25, -0.2) is 0 Å². The topological polar surface area (TPSA) is 78.4 Å². The molecule has 0 aliphatic heterocycles. The Morgan fingerprint density at radius 3 is 2.00 bits per heavy atom. The van der Waals surface area contributed by atoms with Gasteiger partial charge in [-0.3, -0.25) is 0 Å². The molecule has 0 fully saturated rings. The van der Waals surface area contributed by atoms with Crippen molar-refractivity contribution in [3.63, 3.8) is 0 Å². The Kier molecular flexibility index (Phi) is 5.58. The molecule has 0 saturated carbocycles. The van der Waals surface area contributed by atoms with Crippen LogP contribution in [0, 0.1) is 0 Å². The number of rotatable bonds is 6. The van der Waals surface area contributed by atoms with Crippen molar-refractivity contribution in [1.82, 2.24) is 9.44 Å². The minimum Gasteiger partial charge on any atom is -0.393 e. The Labute approximate surface area is 86.1 Å². The van der Waals surface area contributed by atoms with Gasteiger partial charge in [-0.2, -0.15) is 17.9 Å². The molecule has 0 aromatic carbocycles. The summed E-state index contributed by atoms with van der Waals surface area (Å²) in [7, 11) is -3.44. The van der Waals surface area contributed by atoms with Gasteiger partial charge < -0.3 is 5.11 Å². The Hall–Kier alpha value is -0.170. The van der Waals surface area contributed by atoms with Gasteiger partial charge in [0.2, 0.25) is 0 Å². The molecule has 86 valence electrons. The zero-order chi connectivity index (χ0) is 11.4. The van der Waals surface area contributed by atoms with E-state index in [9.17, 15) is 8.42 Å². The van der Waals surface area contributed by atoms with Crippen molar-refractivity contribution in [2.24, 2.45) is 0 Å². The minimum atomic E-state index is -3.44. The van der Waals surface area contributed by atoms with Crippen LogP contribution < -0.4 is 9.44 Å². The molecule has 0 heterocycles. The maximum atomic E-state index is 11.3. The highest BCUT2D eigenvalue weighted by Crippen LogP contribution is 1.98. The van der Waals surface area contributed by atoms with Crippen LogP contribution in [0.4, 0.5) is 0 Å². The fourth-order valence-electron chi connectivity index (χ4n) is 1.17. The molecule has 0 aromatic rings. The third-order valence-electron chi connectivity index (χ3n) is 1.44. The quantitative estimate of drug-likeness (QED) is 0.593. The Bertz CT molecular complexity index is 249. The number of aliphatic hydroxyl groups is 1. The van der Waals surface area contributed by atoms with Gasteiger partial charge in [0.1, 0.15) is 0 Å². The summed E-state index contributed by atoms with van der Waals surface area (Å²) in [5.74, 6) is 0. The van der Waals surface area contributed by atoms with E-state index in [4.69, 9.17) is 5.11 Å². The van der Waals surface area contributed by atoms with Crippen LogP contribution in [-0.2, 0) is 10.2 Å². The van der Waals surface area contributed by atoms with Crippen molar-refractivity contribution < 1.29 is 13.5 Å². The summed E-state index contributed by atoms with van der Waals surface area (Å²) in [6.07, 6.45) is -0.106. The molecular weight excluding hydrogens is 204 g/mol. The average Bonchev–Trinajstić information content (AvgIpc) is 1.77. The maximum Gasteiger partial charge on any atom is 0.277 e. The van der Waals surface area contributed by atoms with Crippen LogP contribution in [0.25, 0.3) is 0 Å². The van der Waals surface area contributed by atoms with Crippen LogP contribution in [0.5, 0.6) is 0 Å². The van der Waals surface area contributed by atoms with E-state index in [1.165, 1.54) is 0 Å². The molecule has 14 heavy (non-hydrogen) atoms. The largest absolute Gasteiger partial charge is 0.393 e. The number of hydrogen-bond donors (Lipinski definition) is 3. The van der Waals surface area contributed by atoms with E-state index in [2.05, 4.69) is 9.44 Å². The Balaban J connectivity index is 4.09. The molecule has 2 atom stereocenters. The van der Waals surface area contributed by atoms with Gasteiger partial charge in [0, 0.05) is 12.1 Å². The second-order valence-electron chi connectivity index (χ2n) is 3.88. The minimum absolute atomic E-state index is 0.133. The molecular formula is C8H20N2O3S. The summed E-state index contributed by atoms with van der Waals surface area (Å²) in [5, 5.41) is 9.05. The molecule has 3 N–H and O–H groups in total. The lowest BCUT2D eigenvalue weighted by molar-refractivity contribution is 0.174. The van der Waals surface area contributed by atoms with Gasteiger partial charge in [0.25, 0.3) is 10.2 Å². The van der Waals surface area contributed by atoms with Crippen molar-refractivity contribution in [1.29, 1.82) is 0 Å². The van der Waals surface area contributed by atoms with Gasteiger partial charge in [-0.1, -0.05) is 0 Å². The zero-order valence-electron chi connectivity index (χ0n) is 9.11. The molecule has 0 aliphatic rings. The summed E-state index contributed by atoms with van der Waals surface area (Å²) in [6.45, 7) is 6.84. The third kappa shape index (κ3) is 7.25. The molecule has 0 saturated heterocycles. The molecule has 0 amide bonds. The van der Waals surface area contributed by atoms with Gasteiger partial charge >= 0.3 is 0 Å². The monoisotopic (exact) mass is 224 g/mol. The van der Waals surface area contributed by atoms with Gasteiger partial charge in [-0.15, -0.1) is 0 Å². The molecule has 0 bridgehead atoms. The molecule has 5 nitrogen and oxygen atoms in total. The normalized spacial score (nSPS) is 17.0. The predicted octanol–water partition coefficient (Wildman–Crippen LogP) is -0.0218. The predicted molar refractivity (Wildman–Crippen MR) is 56.1 cm³/mol. The fraction of sp³-hybridized carbons (Fsp3) is 1.00. The Morgan fingerprint density at radius 1 is 1.14 bits per heavy atom. The van der Waals surface area contributed by atoms with Crippen LogP contribution in [0.15, 0.2) is 0 Å².